The van der Waals surface area contributed by atoms with Crippen LogP contribution in [0.15, 0.2) is 18.2 Å². The lowest BCUT2D eigenvalue weighted by molar-refractivity contribution is 0.245. The van der Waals surface area contributed by atoms with Crippen molar-refractivity contribution >= 4 is 22.4 Å². The number of aliphatic hydroxyl groups excluding tert-OH is 1. The van der Waals surface area contributed by atoms with Crippen LogP contribution < -0.4 is 11.1 Å². The van der Waals surface area contributed by atoms with Gasteiger partial charge >= 0.3 is 0 Å². The van der Waals surface area contributed by atoms with E-state index >= 15 is 0 Å². The van der Waals surface area contributed by atoms with E-state index < -0.39 is 0 Å². The normalized spacial score (nSPS) is 19.0. The molecule has 1 aromatic heterocycles. The molecule has 0 radical (unpaired) electrons. The molecule has 1 atom stereocenters. The first-order chi connectivity index (χ1) is 8.28. The lowest BCUT2D eigenvalue weighted by Crippen LogP contribution is -2.28. The molecular weight excluding hydrogens is 216 g/mol. The Morgan fingerprint density at radius 3 is 3.24 bits per heavy atom. The lowest BCUT2D eigenvalue weighted by atomic mass is 10.0. The predicted octanol–water partition coefficient (Wildman–Crippen LogP) is 1.04. The quantitative estimate of drug-likeness (QED) is 0.676. The topological polar surface area (TPSA) is 76.1 Å². The first kappa shape index (κ1) is 10.4. The zero-order valence-electron chi connectivity index (χ0n) is 9.56. The van der Waals surface area contributed by atoms with Crippen LogP contribution in [0.3, 0.4) is 0 Å². The van der Waals surface area contributed by atoms with Gasteiger partial charge in [-0.05, 0) is 30.5 Å². The second-order valence-corrected chi connectivity index (χ2v) is 4.57. The summed E-state index contributed by atoms with van der Waals surface area (Å²) in [6.07, 6.45) is 0.810. The Hall–Kier alpha value is -1.75. The molecule has 0 saturated carbocycles. The van der Waals surface area contributed by atoms with Crippen molar-refractivity contribution in [3.05, 3.63) is 18.2 Å². The molecule has 0 amide bonds. The smallest absolute Gasteiger partial charge is 0.132 e. The summed E-state index contributed by atoms with van der Waals surface area (Å²) in [5.41, 5.74) is 7.51. The monoisotopic (exact) mass is 232 g/mol. The number of hydrogen-bond acceptors (Lipinski definition) is 4. The molecule has 90 valence electrons. The third-order valence-electron chi connectivity index (χ3n) is 3.29. The van der Waals surface area contributed by atoms with Crippen molar-refractivity contribution in [1.29, 1.82) is 0 Å². The molecule has 0 saturated heterocycles. The Morgan fingerprint density at radius 1 is 1.53 bits per heavy atom. The number of hydrogen-bond donors (Lipinski definition) is 3. The largest absolute Gasteiger partial charge is 0.399 e. The summed E-state index contributed by atoms with van der Waals surface area (Å²) in [7, 11) is 0. The Balaban J connectivity index is 2.01. The van der Waals surface area contributed by atoms with Gasteiger partial charge in [-0.25, -0.2) is 4.68 Å². The van der Waals surface area contributed by atoms with Gasteiger partial charge in [-0.3, -0.25) is 0 Å². The predicted molar refractivity (Wildman–Crippen MR) is 67.8 cm³/mol. The Labute approximate surface area is 99.2 Å². The van der Waals surface area contributed by atoms with E-state index in [0.717, 1.165) is 41.9 Å². The van der Waals surface area contributed by atoms with Gasteiger partial charge in [-0.2, -0.15) is 5.10 Å². The molecule has 1 aliphatic rings. The maximum atomic E-state index is 8.97. The fraction of sp³-hybridized carbons (Fsp3) is 0.417. The second-order valence-electron chi connectivity index (χ2n) is 4.57. The van der Waals surface area contributed by atoms with E-state index in [9.17, 15) is 0 Å². The molecule has 2 heterocycles. The highest BCUT2D eigenvalue weighted by molar-refractivity contribution is 5.92. The molecule has 0 spiro atoms. The summed E-state index contributed by atoms with van der Waals surface area (Å²) < 4.78 is 1.98. The highest BCUT2D eigenvalue weighted by atomic mass is 16.3. The number of nitrogens with one attached hydrogen (secondary N) is 1. The molecule has 0 aliphatic carbocycles. The van der Waals surface area contributed by atoms with E-state index in [-0.39, 0.29) is 6.61 Å². The molecule has 0 fully saturated rings. The third kappa shape index (κ3) is 1.72. The molecule has 5 nitrogen and oxygen atoms in total. The first-order valence-electron chi connectivity index (χ1n) is 5.88. The van der Waals surface area contributed by atoms with Crippen LogP contribution in [0, 0.1) is 5.92 Å². The molecule has 17 heavy (non-hydrogen) atoms. The van der Waals surface area contributed by atoms with E-state index in [1.54, 1.807) is 0 Å². The van der Waals surface area contributed by atoms with Crippen LogP contribution >= 0.6 is 0 Å². The molecule has 5 heteroatoms. The molecule has 1 aliphatic heterocycles. The van der Waals surface area contributed by atoms with Crippen LogP contribution in [0.25, 0.3) is 10.9 Å². The SMILES string of the molecule is Nc1ccc2nn3c(c2c1)NCC(CCO)C3. The fourth-order valence-electron chi connectivity index (χ4n) is 2.39. The number of rotatable bonds is 2. The third-order valence-corrected chi connectivity index (χ3v) is 3.29. The zero-order valence-corrected chi connectivity index (χ0v) is 9.56. The van der Waals surface area contributed by atoms with Gasteiger partial charge in [-0.1, -0.05) is 0 Å². The van der Waals surface area contributed by atoms with E-state index in [1.807, 2.05) is 22.9 Å². The van der Waals surface area contributed by atoms with Gasteiger partial charge in [0.05, 0.1) is 5.52 Å². The van der Waals surface area contributed by atoms with Crippen LogP contribution in [0.2, 0.25) is 0 Å². The summed E-state index contributed by atoms with van der Waals surface area (Å²) in [5, 5.41) is 18.0. The number of fused-ring (bicyclic) bond motifs is 3. The highest BCUT2D eigenvalue weighted by Crippen LogP contribution is 2.29. The van der Waals surface area contributed by atoms with Crippen molar-refractivity contribution in [2.24, 2.45) is 5.92 Å². The summed E-state index contributed by atoms with van der Waals surface area (Å²) in [6, 6.07) is 5.76. The molecular formula is C12H16N4O. The number of nitrogens with zero attached hydrogens (tertiary/aromatic N) is 2. The molecule has 1 aromatic carbocycles. The van der Waals surface area contributed by atoms with Gasteiger partial charge in [-0.15, -0.1) is 0 Å². The second kappa shape index (κ2) is 3.92. The Kier molecular flexibility index (Phi) is 2.40. The molecule has 1 unspecified atom stereocenters. The summed E-state index contributed by atoms with van der Waals surface area (Å²) in [5.74, 6) is 1.49. The van der Waals surface area contributed by atoms with Crippen molar-refractivity contribution in [1.82, 2.24) is 9.78 Å². The Morgan fingerprint density at radius 2 is 2.41 bits per heavy atom. The minimum atomic E-state index is 0.232. The van der Waals surface area contributed by atoms with Crippen LogP contribution in [-0.4, -0.2) is 28.0 Å². The van der Waals surface area contributed by atoms with Crippen molar-refractivity contribution in [3.8, 4) is 0 Å². The van der Waals surface area contributed by atoms with E-state index in [0.29, 0.717) is 5.92 Å². The van der Waals surface area contributed by atoms with Gasteiger partial charge in [0, 0.05) is 30.8 Å². The molecule has 2 aromatic rings. The van der Waals surface area contributed by atoms with Crippen LogP contribution in [-0.2, 0) is 6.54 Å². The van der Waals surface area contributed by atoms with Crippen molar-refractivity contribution in [2.45, 2.75) is 13.0 Å². The lowest BCUT2D eigenvalue weighted by Gasteiger charge is -2.24. The average molecular weight is 232 g/mol. The standard InChI is InChI=1S/C12H16N4O/c13-9-1-2-11-10(5-9)12-14-6-8(3-4-17)7-16(12)15-11/h1-2,5,8,14,17H,3-4,6-7,13H2. The first-order valence-corrected chi connectivity index (χ1v) is 5.88. The highest BCUT2D eigenvalue weighted by Gasteiger charge is 2.21. The summed E-state index contributed by atoms with van der Waals surface area (Å²) >= 11 is 0. The Bertz CT molecular complexity index is 549. The number of benzene rings is 1. The van der Waals surface area contributed by atoms with Gasteiger partial charge in [0.1, 0.15) is 5.82 Å². The number of anilines is 2. The number of nitrogen functional groups attached to an aromatic ring is 1. The van der Waals surface area contributed by atoms with E-state index in [4.69, 9.17) is 10.8 Å². The van der Waals surface area contributed by atoms with E-state index in [1.165, 1.54) is 0 Å². The fourth-order valence-corrected chi connectivity index (χ4v) is 2.39. The molecule has 0 bridgehead atoms. The van der Waals surface area contributed by atoms with Gasteiger partial charge < -0.3 is 16.2 Å². The van der Waals surface area contributed by atoms with Crippen LogP contribution in [0.5, 0.6) is 0 Å². The van der Waals surface area contributed by atoms with E-state index in [2.05, 4.69) is 10.4 Å². The maximum Gasteiger partial charge on any atom is 0.132 e. The number of aliphatic hydroxyl groups is 1. The van der Waals surface area contributed by atoms with Gasteiger partial charge in [0.2, 0.25) is 0 Å². The van der Waals surface area contributed by atoms with Crippen molar-refractivity contribution < 1.29 is 5.11 Å². The minimum absolute atomic E-state index is 0.232. The van der Waals surface area contributed by atoms with Gasteiger partial charge in [0.15, 0.2) is 0 Å². The summed E-state index contributed by atoms with van der Waals surface area (Å²) in [6.45, 7) is 1.98. The molecule has 4 N–H and O–H groups in total. The zero-order chi connectivity index (χ0) is 11.8. The minimum Gasteiger partial charge on any atom is -0.399 e. The maximum absolute atomic E-state index is 8.97. The van der Waals surface area contributed by atoms with Crippen molar-refractivity contribution in [2.75, 3.05) is 24.2 Å². The van der Waals surface area contributed by atoms with Crippen LogP contribution in [0.4, 0.5) is 11.5 Å². The summed E-state index contributed by atoms with van der Waals surface area (Å²) in [4.78, 5) is 0. The number of aromatic nitrogens is 2. The van der Waals surface area contributed by atoms with Crippen molar-refractivity contribution in [3.63, 3.8) is 0 Å². The van der Waals surface area contributed by atoms with Crippen LogP contribution in [0.1, 0.15) is 6.42 Å². The average Bonchev–Trinajstić information content (AvgIpc) is 2.66. The molecule has 3 rings (SSSR count). The van der Waals surface area contributed by atoms with Gasteiger partial charge in [0.25, 0.3) is 0 Å². The number of nitrogens with two attached hydrogens (primary N) is 1.